The molecule has 4 heteroatoms. The summed E-state index contributed by atoms with van der Waals surface area (Å²) in [6.07, 6.45) is 4.78. The average molecular weight is 212 g/mol. The molecular weight excluding hydrogens is 206 g/mol. The van der Waals surface area contributed by atoms with Crippen LogP contribution in [0.15, 0.2) is 18.6 Å². The Morgan fingerprint density at radius 3 is 2.91 bits per heavy atom. The summed E-state index contributed by atoms with van der Waals surface area (Å²) in [5.41, 5.74) is 0.715. The lowest BCUT2D eigenvalue weighted by atomic mass is 10.1. The van der Waals surface area contributed by atoms with Crippen molar-refractivity contribution in [3.63, 3.8) is 0 Å². The van der Waals surface area contributed by atoms with Crippen LogP contribution in [0.5, 0.6) is 0 Å². The quantitative estimate of drug-likeness (QED) is 0.697. The van der Waals surface area contributed by atoms with Crippen LogP contribution in [-0.4, -0.2) is 15.3 Å². The predicted octanol–water partition coefficient (Wildman–Crippen LogP) is 1.48. The second-order valence-electron chi connectivity index (χ2n) is 1.97. The van der Waals surface area contributed by atoms with E-state index in [1.54, 1.807) is 18.6 Å². The molecule has 0 aromatic carbocycles. The van der Waals surface area contributed by atoms with Gasteiger partial charge in [-0.15, -0.1) is 0 Å². The van der Waals surface area contributed by atoms with Gasteiger partial charge in [0.2, 0.25) is 0 Å². The Morgan fingerprint density at radius 2 is 2.45 bits per heavy atom. The summed E-state index contributed by atoms with van der Waals surface area (Å²) >= 11 is 3.22. The van der Waals surface area contributed by atoms with Crippen LogP contribution in [0.3, 0.4) is 0 Å². The maximum atomic E-state index is 8.63. The fourth-order valence-electron chi connectivity index (χ4n) is 0.670. The van der Waals surface area contributed by atoms with Crippen molar-refractivity contribution in [1.29, 1.82) is 5.26 Å². The van der Waals surface area contributed by atoms with E-state index in [-0.39, 0.29) is 5.92 Å². The first kappa shape index (κ1) is 8.15. The van der Waals surface area contributed by atoms with Gasteiger partial charge in [-0.05, 0) is 0 Å². The van der Waals surface area contributed by atoms with Gasteiger partial charge < -0.3 is 0 Å². The lowest BCUT2D eigenvalue weighted by Crippen LogP contribution is -1.99. The van der Waals surface area contributed by atoms with E-state index in [1.807, 2.05) is 0 Å². The van der Waals surface area contributed by atoms with E-state index in [1.165, 1.54) is 0 Å². The first-order valence-corrected chi connectivity index (χ1v) is 4.22. The zero-order valence-electron chi connectivity index (χ0n) is 5.74. The number of rotatable bonds is 2. The molecule has 0 bridgehead atoms. The summed E-state index contributed by atoms with van der Waals surface area (Å²) in [4.78, 5) is 7.87. The zero-order chi connectivity index (χ0) is 8.10. The Hall–Kier alpha value is -0.950. The van der Waals surface area contributed by atoms with Crippen LogP contribution in [0.2, 0.25) is 0 Å². The molecule has 1 heterocycles. The Bertz CT molecular complexity index is 254. The second-order valence-corrected chi connectivity index (χ2v) is 2.61. The molecule has 0 aliphatic rings. The smallest absolute Gasteiger partial charge is 0.0996 e. The van der Waals surface area contributed by atoms with Crippen molar-refractivity contribution in [1.82, 2.24) is 9.97 Å². The third-order valence-electron chi connectivity index (χ3n) is 1.25. The molecule has 1 rings (SSSR count). The van der Waals surface area contributed by atoms with Gasteiger partial charge in [-0.25, -0.2) is 0 Å². The highest BCUT2D eigenvalue weighted by molar-refractivity contribution is 9.09. The van der Waals surface area contributed by atoms with Crippen molar-refractivity contribution >= 4 is 15.9 Å². The van der Waals surface area contributed by atoms with Crippen LogP contribution >= 0.6 is 15.9 Å². The normalized spacial score (nSPS) is 12.0. The van der Waals surface area contributed by atoms with Crippen LogP contribution in [0.25, 0.3) is 0 Å². The van der Waals surface area contributed by atoms with Crippen LogP contribution < -0.4 is 0 Å². The van der Waals surface area contributed by atoms with E-state index >= 15 is 0 Å². The van der Waals surface area contributed by atoms with E-state index in [9.17, 15) is 0 Å². The van der Waals surface area contributed by atoms with Gasteiger partial charge in [0.05, 0.1) is 17.7 Å². The number of aromatic nitrogens is 2. The molecular formula is C7H6BrN3. The Labute approximate surface area is 73.2 Å². The standard InChI is InChI=1S/C7H6BrN3/c8-3-6(4-9)7-5-10-1-2-11-7/h1-2,5-6H,3H2. The van der Waals surface area contributed by atoms with Crippen LogP contribution in [0.1, 0.15) is 11.6 Å². The van der Waals surface area contributed by atoms with Crippen LogP contribution in [0.4, 0.5) is 0 Å². The molecule has 11 heavy (non-hydrogen) atoms. The number of hydrogen-bond acceptors (Lipinski definition) is 3. The Balaban J connectivity index is 2.85. The van der Waals surface area contributed by atoms with Crippen LogP contribution in [0, 0.1) is 11.3 Å². The molecule has 0 radical (unpaired) electrons. The lowest BCUT2D eigenvalue weighted by molar-refractivity contribution is 0.918. The molecule has 1 aromatic heterocycles. The molecule has 0 aliphatic carbocycles. The monoisotopic (exact) mass is 211 g/mol. The molecule has 56 valence electrons. The van der Waals surface area contributed by atoms with E-state index in [2.05, 4.69) is 32.0 Å². The first-order valence-electron chi connectivity index (χ1n) is 3.10. The number of hydrogen-bond donors (Lipinski definition) is 0. The van der Waals surface area contributed by atoms with E-state index in [0.717, 1.165) is 0 Å². The van der Waals surface area contributed by atoms with E-state index in [4.69, 9.17) is 5.26 Å². The molecule has 0 aliphatic heterocycles. The van der Waals surface area contributed by atoms with Gasteiger partial charge in [0.25, 0.3) is 0 Å². The van der Waals surface area contributed by atoms with Crippen molar-refractivity contribution < 1.29 is 0 Å². The second kappa shape index (κ2) is 4.04. The number of alkyl halides is 1. The molecule has 0 spiro atoms. The van der Waals surface area contributed by atoms with Crippen molar-refractivity contribution in [3.8, 4) is 6.07 Å². The van der Waals surface area contributed by atoms with Crippen LogP contribution in [-0.2, 0) is 0 Å². The third kappa shape index (κ3) is 1.99. The largest absolute Gasteiger partial charge is 0.261 e. The molecule has 0 fully saturated rings. The third-order valence-corrected chi connectivity index (χ3v) is 1.90. The number of nitriles is 1. The minimum absolute atomic E-state index is 0.191. The van der Waals surface area contributed by atoms with Gasteiger partial charge in [0.1, 0.15) is 0 Å². The zero-order valence-corrected chi connectivity index (χ0v) is 7.32. The van der Waals surface area contributed by atoms with Gasteiger partial charge in [0, 0.05) is 23.9 Å². The van der Waals surface area contributed by atoms with E-state index in [0.29, 0.717) is 11.0 Å². The Kier molecular flexibility index (Phi) is 2.99. The molecule has 0 saturated carbocycles. The summed E-state index contributed by atoms with van der Waals surface area (Å²) < 4.78 is 0. The highest BCUT2D eigenvalue weighted by atomic mass is 79.9. The molecule has 0 N–H and O–H groups in total. The van der Waals surface area contributed by atoms with E-state index < -0.39 is 0 Å². The Morgan fingerprint density at radius 1 is 1.64 bits per heavy atom. The predicted molar refractivity (Wildman–Crippen MR) is 44.2 cm³/mol. The molecule has 1 atom stereocenters. The van der Waals surface area contributed by atoms with Gasteiger partial charge >= 0.3 is 0 Å². The summed E-state index contributed by atoms with van der Waals surface area (Å²) in [7, 11) is 0. The summed E-state index contributed by atoms with van der Waals surface area (Å²) in [6.45, 7) is 0. The minimum Gasteiger partial charge on any atom is -0.261 e. The topological polar surface area (TPSA) is 49.6 Å². The van der Waals surface area contributed by atoms with Crippen molar-refractivity contribution in [2.24, 2.45) is 0 Å². The summed E-state index contributed by atoms with van der Waals surface area (Å²) in [5.74, 6) is -0.191. The molecule has 0 saturated heterocycles. The van der Waals surface area contributed by atoms with Gasteiger partial charge in [-0.1, -0.05) is 15.9 Å². The van der Waals surface area contributed by atoms with Crippen molar-refractivity contribution in [3.05, 3.63) is 24.3 Å². The fourth-order valence-corrected chi connectivity index (χ4v) is 1.15. The lowest BCUT2D eigenvalue weighted by Gasteiger charge is -2.00. The number of halogens is 1. The molecule has 0 amide bonds. The highest BCUT2D eigenvalue weighted by Crippen LogP contribution is 2.12. The fraction of sp³-hybridized carbons (Fsp3) is 0.286. The summed E-state index contributed by atoms with van der Waals surface area (Å²) in [6, 6.07) is 2.12. The molecule has 1 unspecified atom stereocenters. The minimum atomic E-state index is -0.191. The summed E-state index contributed by atoms with van der Waals surface area (Å²) in [5, 5.41) is 9.23. The molecule has 1 aromatic rings. The average Bonchev–Trinajstić information content (AvgIpc) is 2.09. The van der Waals surface area contributed by atoms with Gasteiger partial charge in [-0.3, -0.25) is 9.97 Å². The molecule has 3 nitrogen and oxygen atoms in total. The van der Waals surface area contributed by atoms with Crippen molar-refractivity contribution in [2.75, 3.05) is 5.33 Å². The maximum absolute atomic E-state index is 8.63. The van der Waals surface area contributed by atoms with Gasteiger partial charge in [0.15, 0.2) is 0 Å². The SMILES string of the molecule is N#CC(CBr)c1cnccn1. The number of nitrogens with zero attached hydrogens (tertiary/aromatic N) is 3. The highest BCUT2D eigenvalue weighted by Gasteiger charge is 2.08. The van der Waals surface area contributed by atoms with Gasteiger partial charge in [-0.2, -0.15) is 5.26 Å². The maximum Gasteiger partial charge on any atom is 0.0996 e. The first-order chi connectivity index (χ1) is 5.38. The van der Waals surface area contributed by atoms with Crippen molar-refractivity contribution in [2.45, 2.75) is 5.92 Å².